The maximum Gasteiger partial charge on any atom is 0.219 e. The average Bonchev–Trinajstić information content (AvgIpc) is 2.09. The molecule has 0 aliphatic heterocycles. The second-order valence-electron chi connectivity index (χ2n) is 3.48. The Balaban J connectivity index is 2.33. The third-order valence-electron chi connectivity index (χ3n) is 2.49. The van der Waals surface area contributed by atoms with Crippen LogP contribution in [-0.4, -0.2) is 18.0 Å². The predicted molar refractivity (Wildman–Crippen MR) is 48.7 cm³/mol. The molecule has 3 heteroatoms. The SMILES string of the molecule is CCC(=O)N[C@@H]1CCCC[C@H]1N. The Morgan fingerprint density at radius 1 is 1.50 bits per heavy atom. The van der Waals surface area contributed by atoms with Gasteiger partial charge in [-0.2, -0.15) is 0 Å². The lowest BCUT2D eigenvalue weighted by Gasteiger charge is -2.29. The van der Waals surface area contributed by atoms with Gasteiger partial charge < -0.3 is 11.1 Å². The summed E-state index contributed by atoms with van der Waals surface area (Å²) < 4.78 is 0. The molecule has 70 valence electrons. The van der Waals surface area contributed by atoms with Crippen molar-refractivity contribution in [2.24, 2.45) is 5.73 Å². The van der Waals surface area contributed by atoms with Crippen LogP contribution in [0.4, 0.5) is 0 Å². The molecule has 3 N–H and O–H groups in total. The molecular formula is C9H18N2O. The number of hydrogen-bond acceptors (Lipinski definition) is 2. The molecule has 0 aromatic heterocycles. The third-order valence-corrected chi connectivity index (χ3v) is 2.49. The molecule has 1 rings (SSSR count). The Bertz CT molecular complexity index is 159. The number of nitrogens with one attached hydrogen (secondary N) is 1. The van der Waals surface area contributed by atoms with Crippen molar-refractivity contribution in [2.75, 3.05) is 0 Å². The van der Waals surface area contributed by atoms with Gasteiger partial charge in [0.05, 0.1) is 0 Å². The van der Waals surface area contributed by atoms with Crippen molar-refractivity contribution in [2.45, 2.75) is 51.1 Å². The molecule has 3 nitrogen and oxygen atoms in total. The third kappa shape index (κ3) is 2.48. The Morgan fingerprint density at radius 3 is 2.75 bits per heavy atom. The number of nitrogens with two attached hydrogens (primary N) is 1. The molecule has 0 unspecified atom stereocenters. The van der Waals surface area contributed by atoms with Gasteiger partial charge >= 0.3 is 0 Å². The van der Waals surface area contributed by atoms with Crippen LogP contribution in [0, 0.1) is 0 Å². The zero-order valence-electron chi connectivity index (χ0n) is 7.68. The van der Waals surface area contributed by atoms with Crippen LogP contribution in [0.1, 0.15) is 39.0 Å². The summed E-state index contributed by atoms with van der Waals surface area (Å²) in [6.07, 6.45) is 5.06. The largest absolute Gasteiger partial charge is 0.352 e. The van der Waals surface area contributed by atoms with Crippen LogP contribution < -0.4 is 11.1 Å². The Kier molecular flexibility index (Phi) is 3.53. The van der Waals surface area contributed by atoms with Crippen molar-refractivity contribution in [3.8, 4) is 0 Å². The molecule has 0 saturated heterocycles. The van der Waals surface area contributed by atoms with Gasteiger partial charge in [-0.15, -0.1) is 0 Å². The molecule has 0 aromatic rings. The van der Waals surface area contributed by atoms with Crippen molar-refractivity contribution >= 4 is 5.91 Å². The van der Waals surface area contributed by atoms with Crippen LogP contribution in [0.15, 0.2) is 0 Å². The summed E-state index contributed by atoms with van der Waals surface area (Å²) in [5.74, 6) is 0.123. The highest BCUT2D eigenvalue weighted by Gasteiger charge is 2.22. The minimum absolute atomic E-state index is 0.123. The molecule has 1 fully saturated rings. The normalized spacial score (nSPS) is 29.8. The molecule has 1 amide bonds. The van der Waals surface area contributed by atoms with Crippen LogP contribution in [0.2, 0.25) is 0 Å². The second-order valence-corrected chi connectivity index (χ2v) is 3.48. The first-order chi connectivity index (χ1) is 5.74. The van der Waals surface area contributed by atoms with Gasteiger partial charge in [0.25, 0.3) is 0 Å². The maximum absolute atomic E-state index is 11.1. The van der Waals surface area contributed by atoms with Gasteiger partial charge in [0.2, 0.25) is 5.91 Å². The van der Waals surface area contributed by atoms with E-state index in [2.05, 4.69) is 5.32 Å². The summed E-state index contributed by atoms with van der Waals surface area (Å²) in [7, 11) is 0. The van der Waals surface area contributed by atoms with Gasteiger partial charge in [-0.05, 0) is 12.8 Å². The molecular weight excluding hydrogens is 152 g/mol. The number of carbonyl (C=O) groups excluding carboxylic acids is 1. The van der Waals surface area contributed by atoms with Crippen molar-refractivity contribution in [3.63, 3.8) is 0 Å². The summed E-state index contributed by atoms with van der Waals surface area (Å²) in [6.45, 7) is 1.86. The fourth-order valence-corrected chi connectivity index (χ4v) is 1.65. The lowest BCUT2D eigenvalue weighted by molar-refractivity contribution is -0.121. The maximum atomic E-state index is 11.1. The number of carbonyl (C=O) groups is 1. The van der Waals surface area contributed by atoms with E-state index in [9.17, 15) is 4.79 Å². The van der Waals surface area contributed by atoms with Gasteiger partial charge in [-0.3, -0.25) is 4.79 Å². The highest BCUT2D eigenvalue weighted by molar-refractivity contribution is 5.75. The molecule has 1 aliphatic carbocycles. The monoisotopic (exact) mass is 170 g/mol. The lowest BCUT2D eigenvalue weighted by Crippen LogP contribution is -2.49. The van der Waals surface area contributed by atoms with E-state index < -0.39 is 0 Å². The minimum Gasteiger partial charge on any atom is -0.352 e. The Labute approximate surface area is 73.7 Å². The Hall–Kier alpha value is -0.570. The summed E-state index contributed by atoms with van der Waals surface area (Å²) >= 11 is 0. The summed E-state index contributed by atoms with van der Waals surface area (Å²) in [5, 5.41) is 2.95. The molecule has 1 saturated carbocycles. The van der Waals surface area contributed by atoms with Crippen LogP contribution in [0.3, 0.4) is 0 Å². The van der Waals surface area contributed by atoms with E-state index in [1.807, 2.05) is 6.92 Å². The quantitative estimate of drug-likeness (QED) is 0.643. The van der Waals surface area contributed by atoms with E-state index in [4.69, 9.17) is 5.73 Å². The zero-order valence-corrected chi connectivity index (χ0v) is 7.68. The van der Waals surface area contributed by atoms with Crippen molar-refractivity contribution < 1.29 is 4.79 Å². The molecule has 0 radical (unpaired) electrons. The topological polar surface area (TPSA) is 55.1 Å². The standard InChI is InChI=1S/C9H18N2O/c1-2-9(12)11-8-6-4-3-5-7(8)10/h7-8H,2-6,10H2,1H3,(H,11,12)/t7-,8-/m1/s1. The first-order valence-electron chi connectivity index (χ1n) is 4.79. The van der Waals surface area contributed by atoms with Crippen molar-refractivity contribution in [3.05, 3.63) is 0 Å². The van der Waals surface area contributed by atoms with Crippen LogP contribution in [0.5, 0.6) is 0 Å². The van der Waals surface area contributed by atoms with E-state index in [0.29, 0.717) is 6.42 Å². The predicted octanol–water partition coefficient (Wildman–Crippen LogP) is 0.782. The minimum atomic E-state index is 0.123. The molecule has 0 aromatic carbocycles. The van der Waals surface area contributed by atoms with Gasteiger partial charge in [0.1, 0.15) is 0 Å². The van der Waals surface area contributed by atoms with Gasteiger partial charge in [-0.1, -0.05) is 19.8 Å². The van der Waals surface area contributed by atoms with E-state index in [-0.39, 0.29) is 18.0 Å². The first kappa shape index (κ1) is 9.52. The fourth-order valence-electron chi connectivity index (χ4n) is 1.65. The highest BCUT2D eigenvalue weighted by atomic mass is 16.1. The van der Waals surface area contributed by atoms with E-state index >= 15 is 0 Å². The van der Waals surface area contributed by atoms with Crippen molar-refractivity contribution in [1.82, 2.24) is 5.32 Å². The number of amides is 1. The smallest absolute Gasteiger partial charge is 0.219 e. The highest BCUT2D eigenvalue weighted by Crippen LogP contribution is 2.16. The molecule has 12 heavy (non-hydrogen) atoms. The van der Waals surface area contributed by atoms with E-state index in [1.54, 1.807) is 0 Å². The summed E-state index contributed by atoms with van der Waals surface area (Å²) in [6, 6.07) is 0.403. The average molecular weight is 170 g/mol. The van der Waals surface area contributed by atoms with Crippen molar-refractivity contribution in [1.29, 1.82) is 0 Å². The van der Waals surface area contributed by atoms with Crippen LogP contribution in [0.25, 0.3) is 0 Å². The van der Waals surface area contributed by atoms with Crippen LogP contribution in [-0.2, 0) is 4.79 Å². The zero-order chi connectivity index (χ0) is 8.97. The Morgan fingerprint density at radius 2 is 2.17 bits per heavy atom. The molecule has 0 heterocycles. The van der Waals surface area contributed by atoms with Gasteiger partial charge in [-0.25, -0.2) is 0 Å². The molecule has 0 spiro atoms. The summed E-state index contributed by atoms with van der Waals surface area (Å²) in [5.41, 5.74) is 5.87. The van der Waals surface area contributed by atoms with Gasteiger partial charge in [0, 0.05) is 18.5 Å². The van der Waals surface area contributed by atoms with E-state index in [1.165, 1.54) is 12.8 Å². The number of rotatable bonds is 2. The molecule has 0 bridgehead atoms. The van der Waals surface area contributed by atoms with E-state index in [0.717, 1.165) is 12.8 Å². The fraction of sp³-hybridized carbons (Fsp3) is 0.889. The lowest BCUT2D eigenvalue weighted by atomic mass is 9.91. The first-order valence-corrected chi connectivity index (χ1v) is 4.79. The van der Waals surface area contributed by atoms with Crippen LogP contribution >= 0.6 is 0 Å². The number of hydrogen-bond donors (Lipinski definition) is 2. The molecule has 1 aliphatic rings. The second kappa shape index (κ2) is 4.45. The summed E-state index contributed by atoms with van der Waals surface area (Å²) in [4.78, 5) is 11.1. The van der Waals surface area contributed by atoms with Gasteiger partial charge in [0.15, 0.2) is 0 Å². The molecule has 2 atom stereocenters.